The Morgan fingerprint density at radius 2 is 1.33 bits per heavy atom. The van der Waals surface area contributed by atoms with Gasteiger partial charge in [-0.2, -0.15) is 0 Å². The van der Waals surface area contributed by atoms with Gasteiger partial charge in [-0.05, 0) is 17.5 Å². The van der Waals surface area contributed by atoms with E-state index in [0.717, 1.165) is 19.5 Å². The number of nitrogens with zero attached hydrogens (tertiary/aromatic N) is 1. The van der Waals surface area contributed by atoms with Crippen molar-refractivity contribution in [1.82, 2.24) is 4.90 Å². The summed E-state index contributed by atoms with van der Waals surface area (Å²) in [6.07, 6.45) is 1.59. The van der Waals surface area contributed by atoms with Crippen LogP contribution in [-0.4, -0.2) is 17.2 Å². The number of hydrogen-bond donors (Lipinski definition) is 0. The molecule has 0 aliphatic heterocycles. The molecule has 0 saturated carbocycles. The van der Waals surface area contributed by atoms with Crippen LogP contribution in [0.5, 0.6) is 0 Å². The first-order valence-corrected chi connectivity index (χ1v) is 7.60. The average Bonchev–Trinajstić information content (AvgIpc) is 2.49. The number of carbonyl (C=O) groups excluding carboxylic acids is 1. The highest BCUT2D eigenvalue weighted by atomic mass is 16.1. The first kappa shape index (κ1) is 15.5. The molecule has 0 atom stereocenters. The van der Waals surface area contributed by atoms with Gasteiger partial charge in [-0.1, -0.05) is 67.6 Å². The number of Topliss-reactive ketones (excluding diaryl/α,β-unsaturated/α-hetero) is 1. The smallest absolute Gasteiger partial charge is 0.146 e. The van der Waals surface area contributed by atoms with Crippen LogP contribution in [0, 0.1) is 0 Å². The van der Waals surface area contributed by atoms with Gasteiger partial charge in [-0.15, -0.1) is 0 Å². The van der Waals surface area contributed by atoms with Crippen molar-refractivity contribution in [2.24, 2.45) is 0 Å². The first-order valence-electron chi connectivity index (χ1n) is 7.60. The third-order valence-electron chi connectivity index (χ3n) is 3.43. The summed E-state index contributed by atoms with van der Waals surface area (Å²) in [7, 11) is 0. The Hall–Kier alpha value is -1.93. The molecular formula is C19H23NO. The quantitative estimate of drug-likeness (QED) is 0.727. The maximum atomic E-state index is 12.0. The summed E-state index contributed by atoms with van der Waals surface area (Å²) in [5, 5.41) is 0. The molecule has 0 N–H and O–H groups in total. The van der Waals surface area contributed by atoms with Gasteiger partial charge in [0.05, 0.1) is 6.54 Å². The molecule has 2 aromatic rings. The number of rotatable bonds is 8. The van der Waals surface area contributed by atoms with Gasteiger partial charge in [-0.25, -0.2) is 0 Å². The van der Waals surface area contributed by atoms with Crippen LogP contribution in [0.15, 0.2) is 60.7 Å². The van der Waals surface area contributed by atoms with Gasteiger partial charge in [-0.3, -0.25) is 9.69 Å². The number of carbonyl (C=O) groups is 1. The number of hydrogen-bond acceptors (Lipinski definition) is 2. The SMILES string of the molecule is CCCC(=O)CN(Cc1ccccc1)Cc1ccccc1. The highest BCUT2D eigenvalue weighted by Gasteiger charge is 2.11. The number of ketones is 1. The van der Waals surface area contributed by atoms with Crippen LogP contribution in [0.4, 0.5) is 0 Å². The molecule has 0 saturated heterocycles. The molecule has 0 amide bonds. The van der Waals surface area contributed by atoms with Crippen molar-refractivity contribution in [3.05, 3.63) is 71.8 Å². The van der Waals surface area contributed by atoms with Gasteiger partial charge in [0.1, 0.15) is 5.78 Å². The van der Waals surface area contributed by atoms with Crippen molar-refractivity contribution in [3.63, 3.8) is 0 Å². The van der Waals surface area contributed by atoms with Gasteiger partial charge in [0.15, 0.2) is 0 Å². The standard InChI is InChI=1S/C19H23NO/c1-2-9-19(21)16-20(14-17-10-5-3-6-11-17)15-18-12-7-4-8-13-18/h3-8,10-13H,2,9,14-16H2,1H3. The molecule has 0 spiro atoms. The summed E-state index contributed by atoms with van der Waals surface area (Å²) in [5.41, 5.74) is 2.50. The van der Waals surface area contributed by atoms with E-state index in [0.29, 0.717) is 18.7 Å². The monoisotopic (exact) mass is 281 g/mol. The molecule has 0 radical (unpaired) electrons. The summed E-state index contributed by atoms with van der Waals surface area (Å²) in [4.78, 5) is 14.2. The fourth-order valence-corrected chi connectivity index (χ4v) is 2.46. The van der Waals surface area contributed by atoms with Crippen molar-refractivity contribution < 1.29 is 4.79 Å². The lowest BCUT2D eigenvalue weighted by Crippen LogP contribution is -2.29. The van der Waals surface area contributed by atoms with Crippen molar-refractivity contribution >= 4 is 5.78 Å². The molecule has 2 heteroatoms. The van der Waals surface area contributed by atoms with Gasteiger partial charge >= 0.3 is 0 Å². The van der Waals surface area contributed by atoms with E-state index in [1.165, 1.54) is 11.1 Å². The zero-order chi connectivity index (χ0) is 14.9. The van der Waals surface area contributed by atoms with Crippen LogP contribution in [0.3, 0.4) is 0 Å². The molecule has 0 fully saturated rings. The van der Waals surface area contributed by atoms with Crippen LogP contribution in [0.2, 0.25) is 0 Å². The second-order valence-corrected chi connectivity index (χ2v) is 5.41. The molecular weight excluding hydrogens is 258 g/mol. The number of benzene rings is 2. The van der Waals surface area contributed by atoms with Crippen LogP contribution in [-0.2, 0) is 17.9 Å². The van der Waals surface area contributed by atoms with Crippen LogP contribution < -0.4 is 0 Å². The van der Waals surface area contributed by atoms with Crippen LogP contribution in [0.25, 0.3) is 0 Å². The summed E-state index contributed by atoms with van der Waals surface area (Å²) >= 11 is 0. The molecule has 0 bridgehead atoms. The van der Waals surface area contributed by atoms with Crippen LogP contribution in [0.1, 0.15) is 30.9 Å². The summed E-state index contributed by atoms with van der Waals surface area (Å²) in [6, 6.07) is 20.7. The molecule has 21 heavy (non-hydrogen) atoms. The normalized spacial score (nSPS) is 10.8. The highest BCUT2D eigenvalue weighted by molar-refractivity contribution is 5.80. The third kappa shape index (κ3) is 5.52. The largest absolute Gasteiger partial charge is 0.298 e. The Balaban J connectivity index is 2.04. The molecule has 0 aromatic heterocycles. The maximum absolute atomic E-state index is 12.0. The van der Waals surface area contributed by atoms with E-state index in [9.17, 15) is 4.79 Å². The van der Waals surface area contributed by atoms with E-state index in [-0.39, 0.29) is 0 Å². The van der Waals surface area contributed by atoms with E-state index < -0.39 is 0 Å². The van der Waals surface area contributed by atoms with Crippen molar-refractivity contribution in [2.45, 2.75) is 32.9 Å². The fraction of sp³-hybridized carbons (Fsp3) is 0.316. The van der Waals surface area contributed by atoms with Crippen molar-refractivity contribution in [1.29, 1.82) is 0 Å². The van der Waals surface area contributed by atoms with Gasteiger partial charge in [0, 0.05) is 19.5 Å². The summed E-state index contributed by atoms with van der Waals surface area (Å²) < 4.78 is 0. The predicted molar refractivity (Wildman–Crippen MR) is 86.9 cm³/mol. The van der Waals surface area contributed by atoms with E-state index in [1.807, 2.05) is 36.4 Å². The maximum Gasteiger partial charge on any atom is 0.146 e. The molecule has 0 heterocycles. The van der Waals surface area contributed by atoms with Gasteiger partial charge in [0.25, 0.3) is 0 Å². The van der Waals surface area contributed by atoms with E-state index >= 15 is 0 Å². The molecule has 0 unspecified atom stereocenters. The first-order chi connectivity index (χ1) is 10.3. The molecule has 0 aliphatic rings. The summed E-state index contributed by atoms with van der Waals surface area (Å²) in [5.74, 6) is 0.323. The van der Waals surface area contributed by atoms with Gasteiger partial charge in [0.2, 0.25) is 0 Å². The molecule has 2 nitrogen and oxygen atoms in total. The second-order valence-electron chi connectivity index (χ2n) is 5.41. The van der Waals surface area contributed by atoms with Crippen molar-refractivity contribution in [2.75, 3.05) is 6.54 Å². The van der Waals surface area contributed by atoms with E-state index in [2.05, 4.69) is 36.1 Å². The molecule has 2 rings (SSSR count). The Morgan fingerprint density at radius 1 is 0.857 bits per heavy atom. The third-order valence-corrected chi connectivity index (χ3v) is 3.43. The topological polar surface area (TPSA) is 20.3 Å². The van der Waals surface area contributed by atoms with Crippen LogP contribution >= 0.6 is 0 Å². The lowest BCUT2D eigenvalue weighted by atomic mass is 10.1. The van der Waals surface area contributed by atoms with Gasteiger partial charge < -0.3 is 0 Å². The van der Waals surface area contributed by atoms with E-state index in [4.69, 9.17) is 0 Å². The molecule has 0 aliphatic carbocycles. The molecule has 2 aromatic carbocycles. The highest BCUT2D eigenvalue weighted by Crippen LogP contribution is 2.10. The lowest BCUT2D eigenvalue weighted by Gasteiger charge is -2.22. The average molecular weight is 281 g/mol. The Kier molecular flexibility index (Phi) is 6.17. The zero-order valence-electron chi connectivity index (χ0n) is 12.7. The minimum Gasteiger partial charge on any atom is -0.298 e. The fourth-order valence-electron chi connectivity index (χ4n) is 2.46. The van der Waals surface area contributed by atoms with Crippen molar-refractivity contribution in [3.8, 4) is 0 Å². The zero-order valence-corrected chi connectivity index (χ0v) is 12.7. The Labute approximate surface area is 127 Å². The molecule has 110 valence electrons. The minimum atomic E-state index is 0.323. The van der Waals surface area contributed by atoms with E-state index in [1.54, 1.807) is 0 Å². The lowest BCUT2D eigenvalue weighted by molar-refractivity contribution is -0.120. The Bertz CT molecular complexity index is 495. The Morgan fingerprint density at radius 3 is 1.76 bits per heavy atom. The minimum absolute atomic E-state index is 0.323. The predicted octanol–water partition coefficient (Wildman–Crippen LogP) is 4.06. The second kappa shape index (κ2) is 8.38. The summed E-state index contributed by atoms with van der Waals surface area (Å²) in [6.45, 7) is 4.20.